The lowest BCUT2D eigenvalue weighted by molar-refractivity contribution is -0.147. The first-order valence-corrected chi connectivity index (χ1v) is 9.83. The van der Waals surface area contributed by atoms with E-state index in [0.29, 0.717) is 32.3 Å². The van der Waals surface area contributed by atoms with E-state index in [1.807, 2.05) is 42.5 Å². The van der Waals surface area contributed by atoms with Crippen LogP contribution < -0.4 is 5.32 Å². The third-order valence-electron chi connectivity index (χ3n) is 4.13. The number of hydrogen-bond acceptors (Lipinski definition) is 6. The summed E-state index contributed by atoms with van der Waals surface area (Å²) < 4.78 is 14.8. The number of ether oxygens (including phenoxy) is 3. The lowest BCUT2D eigenvalue weighted by Crippen LogP contribution is -2.35. The number of rotatable bonds is 9. The maximum Gasteiger partial charge on any atom is 0.323 e. The first-order valence-electron chi connectivity index (χ1n) is 9.83. The zero-order chi connectivity index (χ0) is 20.6. The van der Waals surface area contributed by atoms with Crippen molar-refractivity contribution in [2.24, 2.45) is 0 Å². The molecule has 1 aromatic carbocycles. The molecule has 0 spiro atoms. The van der Waals surface area contributed by atoms with Crippen LogP contribution >= 0.6 is 0 Å². The molecule has 2 rings (SSSR count). The van der Waals surface area contributed by atoms with E-state index in [1.165, 1.54) is 0 Å². The Balaban J connectivity index is 0.000000295. The minimum Gasteiger partial charge on any atom is -0.466 e. The molecule has 6 nitrogen and oxygen atoms in total. The van der Waals surface area contributed by atoms with Gasteiger partial charge in [0.2, 0.25) is 0 Å². The monoisotopic (exact) mass is 391 g/mol. The fourth-order valence-corrected chi connectivity index (χ4v) is 2.66. The van der Waals surface area contributed by atoms with Crippen molar-refractivity contribution in [1.29, 1.82) is 0 Å². The minimum absolute atomic E-state index is 0.112. The summed E-state index contributed by atoms with van der Waals surface area (Å²) in [6, 6.07) is 10.1. The highest BCUT2D eigenvalue weighted by molar-refractivity contribution is 5.76. The minimum atomic E-state index is -0.139. The highest BCUT2D eigenvalue weighted by Gasteiger charge is 2.27. The van der Waals surface area contributed by atoms with Gasteiger partial charge in [-0.3, -0.25) is 9.59 Å². The number of nitrogens with one attached hydrogen (secondary N) is 1. The summed E-state index contributed by atoms with van der Waals surface area (Å²) in [7, 11) is 1.63. The first kappa shape index (κ1) is 23.9. The lowest BCUT2D eigenvalue weighted by atomic mass is 10.2. The molecule has 2 unspecified atom stereocenters. The molecule has 0 radical (unpaired) electrons. The van der Waals surface area contributed by atoms with Crippen LogP contribution in [0, 0.1) is 0 Å². The van der Waals surface area contributed by atoms with Crippen LogP contribution in [0.3, 0.4) is 0 Å². The van der Waals surface area contributed by atoms with Crippen LogP contribution in [-0.2, 0) is 30.4 Å². The van der Waals surface area contributed by atoms with Crippen molar-refractivity contribution < 1.29 is 23.8 Å². The zero-order valence-electron chi connectivity index (χ0n) is 17.2. The molecule has 0 aromatic heterocycles. The summed E-state index contributed by atoms with van der Waals surface area (Å²) in [5, 5.41) is 3.22. The zero-order valence-corrected chi connectivity index (χ0v) is 17.2. The Bertz CT molecular complexity index is 588. The van der Waals surface area contributed by atoms with E-state index in [0.717, 1.165) is 24.8 Å². The van der Waals surface area contributed by atoms with Crippen LogP contribution in [0.15, 0.2) is 42.5 Å². The average molecular weight is 392 g/mol. The van der Waals surface area contributed by atoms with E-state index >= 15 is 0 Å². The summed E-state index contributed by atoms with van der Waals surface area (Å²) in [5.74, 6) is -0.271. The van der Waals surface area contributed by atoms with Crippen LogP contribution in [0.1, 0.15) is 45.1 Å². The smallest absolute Gasteiger partial charge is 0.323 e. The normalized spacial score (nSPS) is 18.4. The first-order chi connectivity index (χ1) is 13.6. The molecule has 28 heavy (non-hydrogen) atoms. The molecule has 0 saturated carbocycles. The number of benzene rings is 1. The second-order valence-corrected chi connectivity index (χ2v) is 6.56. The van der Waals surface area contributed by atoms with Gasteiger partial charge in [0.1, 0.15) is 12.6 Å². The standard InChI is InChI=1S/C13H17NO2.C9H16O3/c1-10-7-8-12(14-10)13(15)16-9-11-5-3-2-4-6-11;1-3-12-9(10)7-5-4-6-8-11-2/h2-6,10,12,14H,7-9H2,1H3;4,6H,3,5,7-8H2,1-2H3/b;6-4+. The lowest BCUT2D eigenvalue weighted by Gasteiger charge is -2.11. The van der Waals surface area contributed by atoms with Gasteiger partial charge in [-0.1, -0.05) is 42.5 Å². The van der Waals surface area contributed by atoms with Crippen LogP contribution in [0.5, 0.6) is 0 Å². The van der Waals surface area contributed by atoms with E-state index in [-0.39, 0.29) is 18.0 Å². The van der Waals surface area contributed by atoms with Gasteiger partial charge in [-0.15, -0.1) is 0 Å². The Morgan fingerprint density at radius 2 is 1.89 bits per heavy atom. The molecule has 1 aliphatic heterocycles. The van der Waals surface area contributed by atoms with Crippen molar-refractivity contribution in [2.75, 3.05) is 20.3 Å². The van der Waals surface area contributed by atoms with Crippen molar-refractivity contribution in [3.8, 4) is 0 Å². The van der Waals surface area contributed by atoms with Crippen LogP contribution in [0.2, 0.25) is 0 Å². The molecule has 1 fully saturated rings. The summed E-state index contributed by atoms with van der Waals surface area (Å²) in [5.41, 5.74) is 1.03. The highest BCUT2D eigenvalue weighted by atomic mass is 16.5. The van der Waals surface area contributed by atoms with E-state index < -0.39 is 0 Å². The number of carbonyl (C=O) groups is 2. The Labute approximate surface area is 168 Å². The summed E-state index contributed by atoms with van der Waals surface area (Å²) in [6.45, 7) is 5.32. The van der Waals surface area contributed by atoms with E-state index in [1.54, 1.807) is 14.0 Å². The van der Waals surface area contributed by atoms with E-state index in [2.05, 4.69) is 12.2 Å². The second-order valence-electron chi connectivity index (χ2n) is 6.56. The molecule has 1 N–H and O–H groups in total. The van der Waals surface area contributed by atoms with Crippen LogP contribution in [0.4, 0.5) is 0 Å². The molecule has 156 valence electrons. The Morgan fingerprint density at radius 3 is 2.50 bits per heavy atom. The van der Waals surface area contributed by atoms with Gasteiger partial charge >= 0.3 is 11.9 Å². The molecular formula is C22H33NO5. The van der Waals surface area contributed by atoms with Crippen LogP contribution in [-0.4, -0.2) is 44.3 Å². The number of allylic oxidation sites excluding steroid dienone is 1. The Morgan fingerprint density at radius 1 is 1.14 bits per heavy atom. The molecule has 0 amide bonds. The predicted octanol–water partition coefficient (Wildman–Crippen LogP) is 3.40. The summed E-state index contributed by atoms with van der Waals surface area (Å²) in [4.78, 5) is 22.5. The van der Waals surface area contributed by atoms with Crippen molar-refractivity contribution in [2.45, 2.75) is 58.2 Å². The van der Waals surface area contributed by atoms with Gasteiger partial charge in [0, 0.05) is 19.6 Å². The third-order valence-corrected chi connectivity index (χ3v) is 4.13. The maximum atomic E-state index is 11.7. The van der Waals surface area contributed by atoms with Crippen molar-refractivity contribution in [3.05, 3.63) is 48.0 Å². The molecule has 1 aliphatic rings. The number of methoxy groups -OCH3 is 1. The number of carbonyl (C=O) groups excluding carboxylic acids is 2. The van der Waals surface area contributed by atoms with E-state index in [9.17, 15) is 9.59 Å². The maximum absolute atomic E-state index is 11.7. The van der Waals surface area contributed by atoms with Gasteiger partial charge in [0.25, 0.3) is 0 Å². The SMILES string of the molecule is CC1CCC(C(=O)OCc2ccccc2)N1.CCOC(=O)CC/C=C/COC. The topological polar surface area (TPSA) is 73.9 Å². The predicted molar refractivity (Wildman–Crippen MR) is 109 cm³/mol. The molecule has 1 aromatic rings. The van der Waals surface area contributed by atoms with Gasteiger partial charge in [-0.2, -0.15) is 0 Å². The molecule has 6 heteroatoms. The van der Waals surface area contributed by atoms with Crippen molar-refractivity contribution in [3.63, 3.8) is 0 Å². The van der Waals surface area contributed by atoms with Gasteiger partial charge in [0.15, 0.2) is 0 Å². The Hall–Kier alpha value is -2.18. The highest BCUT2D eigenvalue weighted by Crippen LogP contribution is 2.13. The van der Waals surface area contributed by atoms with Gasteiger partial charge < -0.3 is 19.5 Å². The molecule has 1 heterocycles. The fraction of sp³-hybridized carbons (Fsp3) is 0.545. The molecule has 2 atom stereocenters. The van der Waals surface area contributed by atoms with Gasteiger partial charge in [-0.05, 0) is 38.7 Å². The molecule has 1 saturated heterocycles. The van der Waals surface area contributed by atoms with Crippen molar-refractivity contribution in [1.82, 2.24) is 5.32 Å². The Kier molecular flexibility index (Phi) is 12.6. The third kappa shape index (κ3) is 10.8. The molecular weight excluding hydrogens is 358 g/mol. The molecule has 0 bridgehead atoms. The van der Waals surface area contributed by atoms with Gasteiger partial charge in [-0.25, -0.2) is 0 Å². The quantitative estimate of drug-likeness (QED) is 0.514. The molecule has 0 aliphatic carbocycles. The van der Waals surface area contributed by atoms with Crippen molar-refractivity contribution >= 4 is 11.9 Å². The largest absolute Gasteiger partial charge is 0.466 e. The number of esters is 2. The second kappa shape index (κ2) is 14.8. The summed E-state index contributed by atoms with van der Waals surface area (Å²) in [6.07, 6.45) is 6.91. The number of hydrogen-bond donors (Lipinski definition) is 1. The average Bonchev–Trinajstić information content (AvgIpc) is 3.14. The van der Waals surface area contributed by atoms with E-state index in [4.69, 9.17) is 14.2 Å². The fourth-order valence-electron chi connectivity index (χ4n) is 2.66. The van der Waals surface area contributed by atoms with Gasteiger partial charge in [0.05, 0.1) is 13.2 Å². The van der Waals surface area contributed by atoms with Crippen LogP contribution in [0.25, 0.3) is 0 Å². The summed E-state index contributed by atoms with van der Waals surface area (Å²) >= 11 is 0.